The number of benzene rings is 2. The third-order valence-corrected chi connectivity index (χ3v) is 4.56. The molecule has 0 saturated carbocycles. The van der Waals surface area contributed by atoms with E-state index in [4.69, 9.17) is 21.7 Å². The molecule has 7 heteroatoms. The Labute approximate surface area is 176 Å². The van der Waals surface area contributed by atoms with Crippen molar-refractivity contribution in [1.82, 2.24) is 14.9 Å². The fourth-order valence-corrected chi connectivity index (χ4v) is 2.99. The predicted molar refractivity (Wildman–Crippen MR) is 118 cm³/mol. The summed E-state index contributed by atoms with van der Waals surface area (Å²) in [5, 5.41) is 11.5. The quantitative estimate of drug-likeness (QED) is 0.395. The zero-order valence-corrected chi connectivity index (χ0v) is 17.8. The largest absolute Gasteiger partial charge is 0.490 e. The van der Waals surface area contributed by atoms with E-state index in [2.05, 4.69) is 53.4 Å². The SMILES string of the molecule is CCCc1n[nH]c(=S)n1/N=C\c1ccc(OCc2ccc(C)cc2)c(OCC)c1. The van der Waals surface area contributed by atoms with E-state index in [1.807, 2.05) is 25.1 Å². The van der Waals surface area contributed by atoms with Gasteiger partial charge in [0, 0.05) is 6.42 Å². The highest BCUT2D eigenvalue weighted by Gasteiger charge is 2.08. The molecule has 0 saturated heterocycles. The van der Waals surface area contributed by atoms with Gasteiger partial charge in [-0.05, 0) is 61.8 Å². The minimum atomic E-state index is 0.479. The minimum Gasteiger partial charge on any atom is -0.490 e. The number of H-pyrrole nitrogens is 1. The van der Waals surface area contributed by atoms with E-state index >= 15 is 0 Å². The second kappa shape index (κ2) is 10.0. The van der Waals surface area contributed by atoms with Crippen LogP contribution in [-0.2, 0) is 13.0 Å². The average molecular weight is 411 g/mol. The molecule has 0 aliphatic carbocycles. The number of hydrogen-bond acceptors (Lipinski definition) is 5. The Bertz CT molecular complexity index is 1020. The molecule has 0 unspecified atom stereocenters. The number of ether oxygens (including phenoxy) is 2. The van der Waals surface area contributed by atoms with Gasteiger partial charge >= 0.3 is 0 Å². The van der Waals surface area contributed by atoms with Crippen molar-refractivity contribution in [3.05, 3.63) is 69.8 Å². The van der Waals surface area contributed by atoms with Crippen LogP contribution >= 0.6 is 12.2 Å². The Morgan fingerprint density at radius 3 is 2.62 bits per heavy atom. The van der Waals surface area contributed by atoms with E-state index in [0.717, 1.165) is 29.8 Å². The van der Waals surface area contributed by atoms with E-state index in [0.29, 0.717) is 29.5 Å². The normalized spacial score (nSPS) is 11.1. The summed E-state index contributed by atoms with van der Waals surface area (Å²) in [6, 6.07) is 14.1. The van der Waals surface area contributed by atoms with Crippen LogP contribution in [0.4, 0.5) is 0 Å². The molecule has 1 N–H and O–H groups in total. The molecular formula is C22H26N4O2S. The van der Waals surface area contributed by atoms with Gasteiger partial charge in [0.2, 0.25) is 4.77 Å². The molecule has 0 aliphatic heterocycles. The molecule has 0 spiro atoms. The van der Waals surface area contributed by atoms with Gasteiger partial charge in [0.1, 0.15) is 6.61 Å². The first kappa shape index (κ1) is 20.8. The monoisotopic (exact) mass is 410 g/mol. The maximum atomic E-state index is 5.98. The lowest BCUT2D eigenvalue weighted by Crippen LogP contribution is -2.01. The summed E-state index contributed by atoms with van der Waals surface area (Å²) in [6.07, 6.45) is 3.52. The Kier molecular flexibility index (Phi) is 7.19. The number of rotatable bonds is 9. The molecule has 0 bridgehead atoms. The van der Waals surface area contributed by atoms with Crippen LogP contribution < -0.4 is 9.47 Å². The van der Waals surface area contributed by atoms with Crippen molar-refractivity contribution in [3.8, 4) is 11.5 Å². The van der Waals surface area contributed by atoms with Crippen molar-refractivity contribution in [2.24, 2.45) is 5.10 Å². The molecule has 0 atom stereocenters. The number of aryl methyl sites for hydroxylation is 2. The first-order valence-corrected chi connectivity index (χ1v) is 10.2. The first-order chi connectivity index (χ1) is 14.1. The lowest BCUT2D eigenvalue weighted by molar-refractivity contribution is 0.269. The molecule has 0 aliphatic rings. The fraction of sp³-hybridized carbons (Fsp3) is 0.318. The Morgan fingerprint density at radius 2 is 1.90 bits per heavy atom. The second-order valence-electron chi connectivity index (χ2n) is 6.66. The van der Waals surface area contributed by atoms with Gasteiger partial charge in [-0.15, -0.1) is 0 Å². The van der Waals surface area contributed by atoms with E-state index in [9.17, 15) is 0 Å². The third kappa shape index (κ3) is 5.54. The standard InChI is InChI=1S/C22H26N4O2S/c1-4-6-21-24-25-22(29)26(21)23-14-18-11-12-19(20(13-18)27-5-2)28-15-17-9-7-16(3)8-10-17/h7-14H,4-6,15H2,1-3H3,(H,25,29)/b23-14-. The first-order valence-electron chi connectivity index (χ1n) is 9.76. The summed E-state index contributed by atoms with van der Waals surface area (Å²) in [5.41, 5.74) is 3.23. The molecule has 6 nitrogen and oxygen atoms in total. The van der Waals surface area contributed by atoms with Gasteiger partial charge < -0.3 is 9.47 Å². The molecule has 2 aromatic carbocycles. The fourth-order valence-electron chi connectivity index (χ4n) is 2.79. The highest BCUT2D eigenvalue weighted by atomic mass is 32.1. The molecule has 3 rings (SSSR count). The average Bonchev–Trinajstić information content (AvgIpc) is 3.07. The van der Waals surface area contributed by atoms with Crippen LogP contribution in [0.1, 0.15) is 42.8 Å². The van der Waals surface area contributed by atoms with E-state index in [1.54, 1.807) is 10.9 Å². The molecule has 0 amide bonds. The number of nitrogens with zero attached hydrogens (tertiary/aromatic N) is 3. The van der Waals surface area contributed by atoms with Gasteiger partial charge in [0.05, 0.1) is 12.8 Å². The van der Waals surface area contributed by atoms with Gasteiger partial charge in [0.25, 0.3) is 0 Å². The van der Waals surface area contributed by atoms with E-state index in [1.165, 1.54) is 5.56 Å². The zero-order chi connectivity index (χ0) is 20.6. The molecule has 0 radical (unpaired) electrons. The molecule has 152 valence electrons. The van der Waals surface area contributed by atoms with Gasteiger partial charge in [0.15, 0.2) is 17.3 Å². The van der Waals surface area contributed by atoms with Crippen molar-refractivity contribution in [1.29, 1.82) is 0 Å². The summed E-state index contributed by atoms with van der Waals surface area (Å²) >= 11 is 5.27. The van der Waals surface area contributed by atoms with Crippen LogP contribution in [0.5, 0.6) is 11.5 Å². The number of aromatic amines is 1. The van der Waals surface area contributed by atoms with Gasteiger partial charge in [-0.25, -0.2) is 0 Å². The van der Waals surface area contributed by atoms with Crippen LogP contribution in [0.25, 0.3) is 0 Å². The molecule has 0 fully saturated rings. The van der Waals surface area contributed by atoms with Crippen LogP contribution in [-0.4, -0.2) is 27.7 Å². The van der Waals surface area contributed by atoms with Gasteiger partial charge in [-0.2, -0.15) is 14.9 Å². The van der Waals surface area contributed by atoms with Crippen molar-refractivity contribution in [2.75, 3.05) is 6.61 Å². The summed E-state index contributed by atoms with van der Waals surface area (Å²) in [5.74, 6) is 2.21. The lowest BCUT2D eigenvalue weighted by Gasteiger charge is -2.13. The summed E-state index contributed by atoms with van der Waals surface area (Å²) in [6.45, 7) is 7.15. The van der Waals surface area contributed by atoms with Gasteiger partial charge in [-0.1, -0.05) is 36.8 Å². The lowest BCUT2D eigenvalue weighted by atomic mass is 10.2. The van der Waals surface area contributed by atoms with Crippen LogP contribution in [0, 0.1) is 11.7 Å². The van der Waals surface area contributed by atoms with Crippen LogP contribution in [0.3, 0.4) is 0 Å². The predicted octanol–water partition coefficient (Wildman–Crippen LogP) is 5.06. The van der Waals surface area contributed by atoms with Crippen molar-refractivity contribution < 1.29 is 9.47 Å². The Morgan fingerprint density at radius 1 is 1.10 bits per heavy atom. The molecule has 29 heavy (non-hydrogen) atoms. The summed E-state index contributed by atoms with van der Waals surface area (Å²) in [7, 11) is 0. The van der Waals surface area contributed by atoms with Crippen molar-refractivity contribution in [3.63, 3.8) is 0 Å². The molecular weight excluding hydrogens is 384 g/mol. The maximum absolute atomic E-state index is 5.98. The second-order valence-corrected chi connectivity index (χ2v) is 7.05. The summed E-state index contributed by atoms with van der Waals surface area (Å²) < 4.78 is 13.9. The number of hydrogen-bond donors (Lipinski definition) is 1. The topological polar surface area (TPSA) is 64.4 Å². The summed E-state index contributed by atoms with van der Waals surface area (Å²) in [4.78, 5) is 0. The van der Waals surface area contributed by atoms with Gasteiger partial charge in [-0.3, -0.25) is 5.10 Å². The molecule has 1 aromatic heterocycles. The highest BCUT2D eigenvalue weighted by molar-refractivity contribution is 7.71. The number of nitrogens with one attached hydrogen (secondary N) is 1. The maximum Gasteiger partial charge on any atom is 0.216 e. The zero-order valence-electron chi connectivity index (χ0n) is 17.0. The van der Waals surface area contributed by atoms with Crippen LogP contribution in [0.2, 0.25) is 0 Å². The third-order valence-electron chi connectivity index (χ3n) is 4.30. The highest BCUT2D eigenvalue weighted by Crippen LogP contribution is 2.29. The number of aromatic nitrogens is 3. The Balaban J connectivity index is 1.77. The van der Waals surface area contributed by atoms with Crippen molar-refractivity contribution >= 4 is 18.4 Å². The van der Waals surface area contributed by atoms with E-state index in [-0.39, 0.29) is 0 Å². The smallest absolute Gasteiger partial charge is 0.216 e. The Hall–Kier alpha value is -2.93. The molecule has 1 heterocycles. The minimum absolute atomic E-state index is 0.479. The molecule has 3 aromatic rings. The van der Waals surface area contributed by atoms with Crippen LogP contribution in [0.15, 0.2) is 47.6 Å². The van der Waals surface area contributed by atoms with Crippen molar-refractivity contribution in [2.45, 2.75) is 40.2 Å². The van der Waals surface area contributed by atoms with E-state index < -0.39 is 0 Å².